The lowest BCUT2D eigenvalue weighted by molar-refractivity contribution is -0.123. The van der Waals surface area contributed by atoms with Gasteiger partial charge in [-0.3, -0.25) is 4.79 Å². The van der Waals surface area contributed by atoms with Crippen LogP contribution in [0.15, 0.2) is 59.5 Å². The van der Waals surface area contributed by atoms with Crippen molar-refractivity contribution in [2.75, 3.05) is 12.8 Å². The first-order valence-electron chi connectivity index (χ1n) is 8.49. The zero-order chi connectivity index (χ0) is 22.1. The molecule has 1 amide bonds. The van der Waals surface area contributed by atoms with Crippen molar-refractivity contribution >= 4 is 27.1 Å². The van der Waals surface area contributed by atoms with E-state index in [4.69, 9.17) is 0 Å². The molecule has 0 aliphatic rings. The molecular formula is C20H15F4NO3S2. The van der Waals surface area contributed by atoms with Gasteiger partial charge in [0.15, 0.2) is 9.84 Å². The van der Waals surface area contributed by atoms with E-state index in [2.05, 4.69) is 0 Å². The lowest BCUT2D eigenvalue weighted by atomic mass is 10.0. The SMILES string of the molecule is CS(=O)(=O)c1ccc(-c2cc(C(=O)NCC(F)(F)F)sc2-c2ccc(F)cc2)cc1. The Morgan fingerprint density at radius 2 is 1.57 bits per heavy atom. The van der Waals surface area contributed by atoms with E-state index < -0.39 is 34.3 Å². The Hall–Kier alpha value is -2.72. The molecule has 0 saturated heterocycles. The number of hydrogen-bond acceptors (Lipinski definition) is 4. The van der Waals surface area contributed by atoms with Gasteiger partial charge in [-0.05, 0) is 41.5 Å². The quantitative estimate of drug-likeness (QED) is 0.554. The summed E-state index contributed by atoms with van der Waals surface area (Å²) in [5.74, 6) is -1.35. The van der Waals surface area contributed by atoms with E-state index in [0.29, 0.717) is 21.6 Å². The molecule has 30 heavy (non-hydrogen) atoms. The minimum Gasteiger partial charge on any atom is -0.342 e. The van der Waals surface area contributed by atoms with Gasteiger partial charge in [0.2, 0.25) is 0 Å². The van der Waals surface area contributed by atoms with Gasteiger partial charge in [0.25, 0.3) is 5.91 Å². The van der Waals surface area contributed by atoms with Gasteiger partial charge in [0, 0.05) is 16.7 Å². The summed E-state index contributed by atoms with van der Waals surface area (Å²) in [6, 6.07) is 12.8. The number of nitrogens with one attached hydrogen (secondary N) is 1. The fourth-order valence-electron chi connectivity index (χ4n) is 2.68. The summed E-state index contributed by atoms with van der Waals surface area (Å²) < 4.78 is 73.9. The first-order chi connectivity index (χ1) is 13.9. The molecule has 3 rings (SSSR count). The Bertz CT molecular complexity index is 1170. The molecule has 3 aromatic rings. The van der Waals surface area contributed by atoms with Gasteiger partial charge in [-0.25, -0.2) is 12.8 Å². The number of halogens is 4. The van der Waals surface area contributed by atoms with E-state index in [1.807, 2.05) is 5.32 Å². The number of amides is 1. The van der Waals surface area contributed by atoms with Crippen molar-refractivity contribution in [2.45, 2.75) is 11.1 Å². The normalized spacial score (nSPS) is 12.0. The van der Waals surface area contributed by atoms with Gasteiger partial charge in [0.1, 0.15) is 12.4 Å². The number of sulfone groups is 1. The molecule has 0 aliphatic carbocycles. The predicted molar refractivity (Wildman–Crippen MR) is 107 cm³/mol. The fourth-order valence-corrected chi connectivity index (χ4v) is 4.42. The fraction of sp³-hybridized carbons (Fsp3) is 0.150. The summed E-state index contributed by atoms with van der Waals surface area (Å²) in [6.07, 6.45) is -3.48. The van der Waals surface area contributed by atoms with Crippen LogP contribution in [-0.4, -0.2) is 33.3 Å². The van der Waals surface area contributed by atoms with E-state index in [1.54, 1.807) is 12.1 Å². The number of carbonyl (C=O) groups excluding carboxylic acids is 1. The number of alkyl halides is 3. The molecule has 158 valence electrons. The molecule has 2 aromatic carbocycles. The standard InChI is InChI=1S/C20H15F4NO3S2/c1-30(27,28)15-8-4-12(5-9-15)16-10-17(19(26)25-11-20(22,23)24)29-18(16)13-2-6-14(21)7-3-13/h2-10H,11H2,1H3,(H,25,26). The van der Waals surface area contributed by atoms with Gasteiger partial charge in [-0.1, -0.05) is 24.3 Å². The van der Waals surface area contributed by atoms with Crippen LogP contribution in [0, 0.1) is 5.82 Å². The van der Waals surface area contributed by atoms with Crippen LogP contribution in [0.5, 0.6) is 0 Å². The third-order valence-corrected chi connectivity index (χ3v) is 6.42. The molecule has 1 N–H and O–H groups in total. The van der Waals surface area contributed by atoms with Gasteiger partial charge >= 0.3 is 6.18 Å². The van der Waals surface area contributed by atoms with Gasteiger partial charge < -0.3 is 5.32 Å². The maximum Gasteiger partial charge on any atom is 0.405 e. The molecule has 0 aliphatic heterocycles. The second-order valence-electron chi connectivity index (χ2n) is 6.45. The topological polar surface area (TPSA) is 63.2 Å². The Balaban J connectivity index is 2.05. The Morgan fingerprint density at radius 3 is 2.10 bits per heavy atom. The summed E-state index contributed by atoms with van der Waals surface area (Å²) in [6.45, 7) is -1.46. The first-order valence-corrected chi connectivity index (χ1v) is 11.2. The van der Waals surface area contributed by atoms with E-state index in [-0.39, 0.29) is 9.77 Å². The highest BCUT2D eigenvalue weighted by atomic mass is 32.2. The highest BCUT2D eigenvalue weighted by molar-refractivity contribution is 7.90. The largest absolute Gasteiger partial charge is 0.405 e. The van der Waals surface area contributed by atoms with Crippen molar-refractivity contribution in [3.63, 3.8) is 0 Å². The zero-order valence-corrected chi connectivity index (χ0v) is 17.1. The molecule has 0 atom stereocenters. The lowest BCUT2D eigenvalue weighted by Crippen LogP contribution is -2.33. The van der Waals surface area contributed by atoms with Crippen LogP contribution in [0.1, 0.15) is 9.67 Å². The monoisotopic (exact) mass is 457 g/mol. The van der Waals surface area contributed by atoms with E-state index >= 15 is 0 Å². The number of carbonyl (C=O) groups is 1. The number of benzene rings is 2. The average molecular weight is 457 g/mol. The molecule has 0 bridgehead atoms. The van der Waals surface area contributed by atoms with Gasteiger partial charge in [-0.15, -0.1) is 11.3 Å². The molecule has 1 aromatic heterocycles. The Labute approximate surface area is 174 Å². The summed E-state index contributed by atoms with van der Waals surface area (Å²) in [4.78, 5) is 12.9. The van der Waals surface area contributed by atoms with Gasteiger partial charge in [-0.2, -0.15) is 13.2 Å². The maximum absolute atomic E-state index is 13.3. The first kappa shape index (κ1) is 22.0. The molecule has 0 fully saturated rings. The van der Waals surface area contributed by atoms with Crippen molar-refractivity contribution in [1.29, 1.82) is 0 Å². The van der Waals surface area contributed by atoms with Crippen molar-refractivity contribution in [3.05, 3.63) is 65.3 Å². The third-order valence-electron chi connectivity index (χ3n) is 4.11. The van der Waals surface area contributed by atoms with E-state index in [1.165, 1.54) is 42.5 Å². The van der Waals surface area contributed by atoms with Crippen molar-refractivity contribution in [3.8, 4) is 21.6 Å². The van der Waals surface area contributed by atoms with E-state index in [9.17, 15) is 30.8 Å². The number of hydrogen-bond donors (Lipinski definition) is 1. The van der Waals surface area contributed by atoms with Crippen molar-refractivity contribution in [2.24, 2.45) is 0 Å². The Morgan fingerprint density at radius 1 is 1.00 bits per heavy atom. The molecule has 0 spiro atoms. The smallest absolute Gasteiger partial charge is 0.342 e. The highest BCUT2D eigenvalue weighted by Gasteiger charge is 2.28. The minimum atomic E-state index is -4.54. The van der Waals surface area contributed by atoms with Gasteiger partial charge in [0.05, 0.1) is 9.77 Å². The third kappa shape index (κ3) is 5.25. The van der Waals surface area contributed by atoms with Crippen LogP contribution >= 0.6 is 11.3 Å². The lowest BCUT2D eigenvalue weighted by Gasteiger charge is -2.06. The molecular weight excluding hydrogens is 442 g/mol. The van der Waals surface area contributed by atoms with Crippen LogP contribution in [0.4, 0.5) is 17.6 Å². The van der Waals surface area contributed by atoms with E-state index in [0.717, 1.165) is 17.6 Å². The van der Waals surface area contributed by atoms with Crippen molar-refractivity contribution in [1.82, 2.24) is 5.32 Å². The zero-order valence-electron chi connectivity index (χ0n) is 15.5. The Kier molecular flexibility index (Phi) is 6.00. The summed E-state index contributed by atoms with van der Waals surface area (Å²) in [7, 11) is -3.41. The van der Waals surface area contributed by atoms with Crippen LogP contribution < -0.4 is 5.32 Å². The maximum atomic E-state index is 13.3. The second kappa shape index (κ2) is 8.19. The van der Waals surface area contributed by atoms with Crippen LogP contribution in [0.25, 0.3) is 21.6 Å². The molecule has 0 unspecified atom stereocenters. The predicted octanol–water partition coefficient (Wildman–Crippen LogP) is 4.92. The second-order valence-corrected chi connectivity index (χ2v) is 9.52. The molecule has 4 nitrogen and oxygen atoms in total. The molecule has 10 heteroatoms. The molecule has 1 heterocycles. The summed E-state index contributed by atoms with van der Waals surface area (Å²) >= 11 is 0.962. The van der Waals surface area contributed by atoms with Crippen molar-refractivity contribution < 1.29 is 30.8 Å². The average Bonchev–Trinajstić information content (AvgIpc) is 3.11. The molecule has 0 radical (unpaired) electrons. The number of thiophene rings is 1. The molecule has 0 saturated carbocycles. The van der Waals surface area contributed by atoms with Crippen LogP contribution in [0.3, 0.4) is 0 Å². The minimum absolute atomic E-state index is 0.0424. The number of rotatable bonds is 5. The van der Waals surface area contributed by atoms with Crippen LogP contribution in [-0.2, 0) is 9.84 Å². The highest BCUT2D eigenvalue weighted by Crippen LogP contribution is 2.39. The summed E-state index contributed by atoms with van der Waals surface area (Å²) in [5.41, 5.74) is 1.65. The summed E-state index contributed by atoms with van der Waals surface area (Å²) in [5, 5.41) is 1.83. The van der Waals surface area contributed by atoms with Crippen LogP contribution in [0.2, 0.25) is 0 Å².